The zero-order valence-electron chi connectivity index (χ0n) is 13.5. The van der Waals surface area contributed by atoms with Gasteiger partial charge in [-0.05, 0) is 38.8 Å². The second kappa shape index (κ2) is 13.5. The van der Waals surface area contributed by atoms with E-state index in [-0.39, 0.29) is 12.5 Å². The molecule has 0 fully saturated rings. The number of unbranched alkanes of at least 4 members (excludes halogenated alkanes) is 5. The van der Waals surface area contributed by atoms with E-state index in [4.69, 9.17) is 22.3 Å². The van der Waals surface area contributed by atoms with Gasteiger partial charge in [-0.3, -0.25) is 9.59 Å². The van der Waals surface area contributed by atoms with Gasteiger partial charge in [-0.2, -0.15) is 0 Å². The molecule has 0 bridgehead atoms. The third-order valence-electron chi connectivity index (χ3n) is 3.56. The van der Waals surface area contributed by atoms with Crippen LogP contribution in [0.25, 0.3) is 0 Å². The Hall–Kier alpha value is -1.18. The quantitative estimate of drug-likeness (QED) is 0.339. The minimum atomic E-state index is -1.01. The highest BCUT2D eigenvalue weighted by atomic mass is 16.4. The maximum atomic E-state index is 12.2. The minimum Gasteiger partial charge on any atom is -0.480 e. The van der Waals surface area contributed by atoms with Crippen LogP contribution < -0.4 is 17.2 Å². The third kappa shape index (κ3) is 10.5. The first-order valence-electron chi connectivity index (χ1n) is 8.19. The normalized spacial score (nSPS) is 12.1. The van der Waals surface area contributed by atoms with E-state index in [0.29, 0.717) is 25.9 Å². The number of amides is 1. The van der Waals surface area contributed by atoms with Crippen molar-refractivity contribution in [2.24, 2.45) is 17.2 Å². The summed E-state index contributed by atoms with van der Waals surface area (Å²) in [5.74, 6) is -1.30. The number of carbonyl (C=O) groups is 2. The lowest BCUT2D eigenvalue weighted by molar-refractivity contribution is -0.145. The van der Waals surface area contributed by atoms with E-state index in [2.05, 4.69) is 0 Å². The van der Waals surface area contributed by atoms with Crippen LogP contribution in [0, 0.1) is 0 Å². The summed E-state index contributed by atoms with van der Waals surface area (Å²) in [7, 11) is 0. The number of carbonyl (C=O) groups excluding carboxylic acids is 1. The molecule has 1 atom stereocenters. The third-order valence-corrected chi connectivity index (χ3v) is 3.56. The number of carboxylic acids is 1. The molecule has 22 heavy (non-hydrogen) atoms. The summed E-state index contributed by atoms with van der Waals surface area (Å²) < 4.78 is 0. The van der Waals surface area contributed by atoms with Crippen molar-refractivity contribution < 1.29 is 14.7 Å². The number of nitrogens with zero attached hydrogens (tertiary/aromatic N) is 1. The van der Waals surface area contributed by atoms with Crippen molar-refractivity contribution in [1.29, 1.82) is 0 Å². The van der Waals surface area contributed by atoms with Gasteiger partial charge in [0, 0.05) is 6.54 Å². The van der Waals surface area contributed by atoms with E-state index in [1.807, 2.05) is 0 Å². The molecular formula is C15H32N4O3. The Morgan fingerprint density at radius 3 is 2.00 bits per heavy atom. The Balaban J connectivity index is 4.11. The van der Waals surface area contributed by atoms with Gasteiger partial charge in [0.05, 0.1) is 6.04 Å². The monoisotopic (exact) mass is 316 g/mol. The zero-order valence-corrected chi connectivity index (χ0v) is 13.5. The number of rotatable bonds is 14. The molecule has 7 nitrogen and oxygen atoms in total. The largest absolute Gasteiger partial charge is 0.480 e. The summed E-state index contributed by atoms with van der Waals surface area (Å²) in [4.78, 5) is 24.4. The van der Waals surface area contributed by atoms with Gasteiger partial charge in [0.15, 0.2) is 0 Å². The second-order valence-corrected chi connectivity index (χ2v) is 5.60. The lowest BCUT2D eigenvalue weighted by Gasteiger charge is -2.24. The smallest absolute Gasteiger partial charge is 0.323 e. The zero-order chi connectivity index (χ0) is 16.8. The SMILES string of the molecule is NCCCCCCCCN(CC(=O)O)C(=O)[C@@H](N)CCCN. The van der Waals surface area contributed by atoms with Crippen LogP contribution in [-0.2, 0) is 9.59 Å². The fourth-order valence-electron chi connectivity index (χ4n) is 2.28. The van der Waals surface area contributed by atoms with Crippen LogP contribution in [0.5, 0.6) is 0 Å². The van der Waals surface area contributed by atoms with Crippen LogP contribution >= 0.6 is 0 Å². The van der Waals surface area contributed by atoms with Crippen molar-refractivity contribution in [1.82, 2.24) is 4.90 Å². The lowest BCUT2D eigenvalue weighted by Crippen LogP contribution is -2.46. The summed E-state index contributed by atoms with van der Waals surface area (Å²) in [6.45, 7) is 1.35. The number of hydrogen-bond acceptors (Lipinski definition) is 5. The molecule has 0 rings (SSSR count). The van der Waals surface area contributed by atoms with Crippen molar-refractivity contribution in [3.05, 3.63) is 0 Å². The molecule has 0 saturated carbocycles. The maximum absolute atomic E-state index is 12.2. The van der Waals surface area contributed by atoms with E-state index < -0.39 is 12.0 Å². The average molecular weight is 316 g/mol. The molecule has 0 aromatic carbocycles. The molecule has 7 N–H and O–H groups in total. The minimum absolute atomic E-state index is 0.289. The molecule has 0 aromatic rings. The van der Waals surface area contributed by atoms with Crippen LogP contribution in [0.3, 0.4) is 0 Å². The molecule has 7 heteroatoms. The first-order chi connectivity index (χ1) is 10.5. The number of aliphatic carboxylic acids is 1. The fraction of sp³-hybridized carbons (Fsp3) is 0.867. The Labute approximate surface area is 133 Å². The highest BCUT2D eigenvalue weighted by Gasteiger charge is 2.22. The molecule has 0 aromatic heterocycles. The van der Waals surface area contributed by atoms with Crippen LogP contribution in [0.2, 0.25) is 0 Å². The van der Waals surface area contributed by atoms with E-state index in [1.54, 1.807) is 0 Å². The predicted octanol–water partition coefficient (Wildman–Crippen LogP) is 0.265. The van der Waals surface area contributed by atoms with Crippen LogP contribution in [0.15, 0.2) is 0 Å². The van der Waals surface area contributed by atoms with Gasteiger partial charge in [-0.15, -0.1) is 0 Å². The summed E-state index contributed by atoms with van der Waals surface area (Å²) in [6, 6.07) is -0.660. The first-order valence-corrected chi connectivity index (χ1v) is 8.19. The molecule has 1 amide bonds. The Bertz CT molecular complexity index is 313. The summed E-state index contributed by atoms with van der Waals surface area (Å²) in [6.07, 6.45) is 7.29. The predicted molar refractivity (Wildman–Crippen MR) is 87.2 cm³/mol. The van der Waals surface area contributed by atoms with Gasteiger partial charge < -0.3 is 27.2 Å². The molecular weight excluding hydrogens is 284 g/mol. The van der Waals surface area contributed by atoms with Crippen molar-refractivity contribution >= 4 is 11.9 Å². The van der Waals surface area contributed by atoms with Crippen LogP contribution in [0.4, 0.5) is 0 Å². The van der Waals surface area contributed by atoms with Gasteiger partial charge in [0.1, 0.15) is 6.54 Å². The molecule has 0 aliphatic heterocycles. The molecule has 0 heterocycles. The van der Waals surface area contributed by atoms with Crippen LogP contribution in [-0.4, -0.2) is 54.1 Å². The van der Waals surface area contributed by atoms with E-state index in [9.17, 15) is 9.59 Å². The van der Waals surface area contributed by atoms with Gasteiger partial charge >= 0.3 is 5.97 Å². The summed E-state index contributed by atoms with van der Waals surface area (Å²) in [5, 5.41) is 8.92. The molecule has 0 radical (unpaired) electrons. The summed E-state index contributed by atoms with van der Waals surface area (Å²) >= 11 is 0. The summed E-state index contributed by atoms with van der Waals surface area (Å²) in [5.41, 5.74) is 16.6. The van der Waals surface area contributed by atoms with Crippen molar-refractivity contribution in [2.75, 3.05) is 26.2 Å². The van der Waals surface area contributed by atoms with E-state index in [1.165, 1.54) is 4.90 Å². The fourth-order valence-corrected chi connectivity index (χ4v) is 2.28. The Morgan fingerprint density at radius 1 is 0.909 bits per heavy atom. The molecule has 0 aliphatic rings. The standard InChI is InChI=1S/C15H32N4O3/c16-9-5-3-1-2-4-6-11-19(12-14(20)21)15(22)13(18)8-7-10-17/h13H,1-12,16-18H2,(H,20,21)/t13-/m0/s1. The van der Waals surface area contributed by atoms with Gasteiger partial charge in [-0.1, -0.05) is 25.7 Å². The molecule has 0 spiro atoms. The van der Waals surface area contributed by atoms with Gasteiger partial charge in [0.2, 0.25) is 5.91 Å². The molecule has 0 saturated heterocycles. The average Bonchev–Trinajstić information content (AvgIpc) is 2.49. The number of carboxylic acid groups (broad SMARTS) is 1. The second-order valence-electron chi connectivity index (χ2n) is 5.60. The molecule has 130 valence electrons. The van der Waals surface area contributed by atoms with Gasteiger partial charge in [0.25, 0.3) is 0 Å². The number of nitrogens with two attached hydrogens (primary N) is 3. The lowest BCUT2D eigenvalue weighted by atomic mass is 10.1. The Morgan fingerprint density at radius 2 is 1.45 bits per heavy atom. The van der Waals surface area contributed by atoms with Crippen molar-refractivity contribution in [3.63, 3.8) is 0 Å². The Kier molecular flexibility index (Phi) is 12.8. The van der Waals surface area contributed by atoms with E-state index in [0.717, 1.165) is 45.1 Å². The van der Waals surface area contributed by atoms with Crippen molar-refractivity contribution in [3.8, 4) is 0 Å². The van der Waals surface area contributed by atoms with Crippen molar-refractivity contribution in [2.45, 2.75) is 57.4 Å². The topological polar surface area (TPSA) is 136 Å². The highest BCUT2D eigenvalue weighted by Crippen LogP contribution is 2.07. The van der Waals surface area contributed by atoms with Crippen LogP contribution in [0.1, 0.15) is 51.4 Å². The molecule has 0 aliphatic carbocycles. The highest BCUT2D eigenvalue weighted by molar-refractivity contribution is 5.85. The first kappa shape index (κ1) is 20.8. The van der Waals surface area contributed by atoms with Gasteiger partial charge in [-0.25, -0.2) is 0 Å². The number of hydrogen-bond donors (Lipinski definition) is 4. The van der Waals surface area contributed by atoms with E-state index >= 15 is 0 Å². The maximum Gasteiger partial charge on any atom is 0.323 e. The molecule has 0 unspecified atom stereocenters.